The fourth-order valence-corrected chi connectivity index (χ4v) is 1.95. The molecule has 21 heavy (non-hydrogen) atoms. The largest absolute Gasteiger partial charge is 0.436 e. The molecule has 5 heteroatoms. The van der Waals surface area contributed by atoms with Crippen molar-refractivity contribution >= 4 is 22.7 Å². The third kappa shape index (κ3) is 2.81. The molecule has 0 radical (unpaired) electrons. The molecule has 3 rings (SSSR count). The lowest BCUT2D eigenvalue weighted by Gasteiger charge is -2.00. The molecule has 0 saturated heterocycles. The van der Waals surface area contributed by atoms with Gasteiger partial charge in [0.2, 0.25) is 11.8 Å². The number of benzene rings is 1. The highest BCUT2D eigenvalue weighted by atomic mass is 16.3. The number of carbonyl (C=O) groups is 1. The Bertz CT molecular complexity index is 807. The maximum atomic E-state index is 11.5. The van der Waals surface area contributed by atoms with Gasteiger partial charge in [-0.2, -0.15) is 0 Å². The van der Waals surface area contributed by atoms with Crippen LogP contribution in [0, 0.1) is 0 Å². The lowest BCUT2D eigenvalue weighted by molar-refractivity contribution is -0.111. The van der Waals surface area contributed by atoms with Gasteiger partial charge in [0.25, 0.3) is 0 Å². The van der Waals surface area contributed by atoms with Crippen LogP contribution in [-0.2, 0) is 4.79 Å². The van der Waals surface area contributed by atoms with Crippen LogP contribution in [0.5, 0.6) is 0 Å². The van der Waals surface area contributed by atoms with Gasteiger partial charge in [-0.3, -0.25) is 9.78 Å². The summed E-state index contributed by atoms with van der Waals surface area (Å²) >= 11 is 0. The van der Waals surface area contributed by atoms with Crippen molar-refractivity contribution in [1.29, 1.82) is 0 Å². The summed E-state index contributed by atoms with van der Waals surface area (Å²) in [5.74, 6) is 0.336. The minimum Gasteiger partial charge on any atom is -0.436 e. The summed E-state index contributed by atoms with van der Waals surface area (Å²) in [6, 6.07) is 9.05. The van der Waals surface area contributed by atoms with Gasteiger partial charge in [-0.05, 0) is 43.3 Å². The van der Waals surface area contributed by atoms with Gasteiger partial charge < -0.3 is 9.73 Å². The van der Waals surface area contributed by atoms with Crippen LogP contribution in [0.1, 0.15) is 6.92 Å². The molecule has 0 bridgehead atoms. The van der Waals surface area contributed by atoms with Gasteiger partial charge in [0, 0.05) is 18.1 Å². The quantitative estimate of drug-likeness (QED) is 0.746. The number of pyridine rings is 1. The van der Waals surface area contributed by atoms with Crippen molar-refractivity contribution in [2.75, 3.05) is 5.32 Å². The van der Waals surface area contributed by atoms with E-state index in [0.717, 1.165) is 5.56 Å². The predicted octanol–water partition coefficient (Wildman–Crippen LogP) is 3.40. The van der Waals surface area contributed by atoms with Crippen LogP contribution in [0.4, 0.5) is 5.69 Å². The number of hydrogen-bond donors (Lipinski definition) is 1. The second-order valence-electron chi connectivity index (χ2n) is 4.43. The van der Waals surface area contributed by atoms with Gasteiger partial charge in [-0.15, -0.1) is 0 Å². The Balaban J connectivity index is 1.94. The van der Waals surface area contributed by atoms with Crippen molar-refractivity contribution < 1.29 is 9.21 Å². The smallest absolute Gasteiger partial charge is 0.248 e. The number of aromatic nitrogens is 2. The van der Waals surface area contributed by atoms with Gasteiger partial charge >= 0.3 is 0 Å². The van der Waals surface area contributed by atoms with Crippen molar-refractivity contribution in [3.8, 4) is 11.5 Å². The summed E-state index contributed by atoms with van der Waals surface area (Å²) in [4.78, 5) is 20.0. The highest BCUT2D eigenvalue weighted by Gasteiger charge is 2.09. The highest BCUT2D eigenvalue weighted by Crippen LogP contribution is 2.25. The van der Waals surface area contributed by atoms with Crippen LogP contribution in [-0.4, -0.2) is 15.9 Å². The lowest BCUT2D eigenvalue weighted by Crippen LogP contribution is -2.07. The van der Waals surface area contributed by atoms with Crippen molar-refractivity contribution in [2.24, 2.45) is 0 Å². The Morgan fingerprint density at radius 1 is 1.33 bits per heavy atom. The first-order chi connectivity index (χ1) is 10.3. The second kappa shape index (κ2) is 5.58. The maximum absolute atomic E-state index is 11.5. The fourth-order valence-electron chi connectivity index (χ4n) is 1.95. The van der Waals surface area contributed by atoms with Gasteiger partial charge in [0.05, 0.1) is 5.56 Å². The van der Waals surface area contributed by atoms with E-state index in [9.17, 15) is 4.79 Å². The molecule has 0 saturated carbocycles. The molecule has 0 aliphatic carbocycles. The zero-order valence-corrected chi connectivity index (χ0v) is 11.4. The predicted molar refractivity (Wildman–Crippen MR) is 80.7 cm³/mol. The van der Waals surface area contributed by atoms with Gasteiger partial charge in [-0.1, -0.05) is 6.08 Å². The Kier molecular flexibility index (Phi) is 3.47. The molecule has 0 unspecified atom stereocenters. The number of allylic oxidation sites excluding steroid dienone is 1. The van der Waals surface area contributed by atoms with Crippen LogP contribution < -0.4 is 5.32 Å². The van der Waals surface area contributed by atoms with E-state index in [1.807, 2.05) is 12.1 Å². The summed E-state index contributed by atoms with van der Waals surface area (Å²) in [6.45, 7) is 1.79. The minimum absolute atomic E-state index is 0.173. The molecule has 0 atom stereocenters. The monoisotopic (exact) mass is 279 g/mol. The third-order valence-corrected chi connectivity index (χ3v) is 2.88. The van der Waals surface area contributed by atoms with Crippen LogP contribution in [0.3, 0.4) is 0 Å². The Morgan fingerprint density at radius 2 is 2.24 bits per heavy atom. The molecule has 2 aromatic heterocycles. The molecule has 1 aromatic carbocycles. The molecule has 0 aliphatic heterocycles. The first-order valence-electron chi connectivity index (χ1n) is 6.51. The number of anilines is 1. The average molecular weight is 279 g/mol. The Labute approximate surface area is 121 Å². The molecular weight excluding hydrogens is 266 g/mol. The van der Waals surface area contributed by atoms with E-state index in [1.165, 1.54) is 6.08 Å². The molecular formula is C16H13N3O2. The van der Waals surface area contributed by atoms with E-state index < -0.39 is 0 Å². The summed E-state index contributed by atoms with van der Waals surface area (Å²) in [5.41, 5.74) is 2.84. The number of amides is 1. The first kappa shape index (κ1) is 13.1. The molecule has 0 fully saturated rings. The number of rotatable bonds is 3. The Morgan fingerprint density at radius 3 is 3.00 bits per heavy atom. The number of nitrogens with one attached hydrogen (secondary N) is 1. The number of nitrogens with zero attached hydrogens (tertiary/aromatic N) is 2. The molecule has 0 aliphatic rings. The Hall–Kier alpha value is -2.95. The topological polar surface area (TPSA) is 68.0 Å². The summed E-state index contributed by atoms with van der Waals surface area (Å²) in [5, 5.41) is 2.76. The molecule has 5 nitrogen and oxygen atoms in total. The van der Waals surface area contributed by atoms with Gasteiger partial charge in [0.15, 0.2) is 5.58 Å². The second-order valence-corrected chi connectivity index (χ2v) is 4.43. The van der Waals surface area contributed by atoms with Crippen LogP contribution >= 0.6 is 0 Å². The van der Waals surface area contributed by atoms with E-state index >= 15 is 0 Å². The SMILES string of the molecule is C/C=C/C(=O)Nc1ccc2oc(-c3cccnc3)nc2c1. The van der Waals surface area contributed by atoms with Crippen molar-refractivity contribution in [2.45, 2.75) is 6.92 Å². The molecule has 3 aromatic rings. The number of carbonyl (C=O) groups excluding carboxylic acids is 1. The zero-order valence-electron chi connectivity index (χ0n) is 11.4. The van der Waals surface area contributed by atoms with E-state index in [-0.39, 0.29) is 5.91 Å². The summed E-state index contributed by atoms with van der Waals surface area (Å²) in [6.07, 6.45) is 6.54. The number of hydrogen-bond acceptors (Lipinski definition) is 4. The summed E-state index contributed by atoms with van der Waals surface area (Å²) < 4.78 is 5.68. The maximum Gasteiger partial charge on any atom is 0.248 e. The van der Waals surface area contributed by atoms with Crippen LogP contribution in [0.25, 0.3) is 22.6 Å². The molecule has 1 amide bonds. The van der Waals surface area contributed by atoms with Gasteiger partial charge in [0.1, 0.15) is 5.52 Å². The van der Waals surface area contributed by atoms with E-state index in [2.05, 4.69) is 15.3 Å². The molecule has 104 valence electrons. The molecule has 2 heterocycles. The van der Waals surface area contributed by atoms with Crippen molar-refractivity contribution in [3.05, 3.63) is 54.9 Å². The first-order valence-corrected chi connectivity index (χ1v) is 6.51. The average Bonchev–Trinajstić information content (AvgIpc) is 2.91. The number of oxazole rings is 1. The van der Waals surface area contributed by atoms with E-state index in [4.69, 9.17) is 4.42 Å². The van der Waals surface area contributed by atoms with Crippen molar-refractivity contribution in [3.63, 3.8) is 0 Å². The van der Waals surface area contributed by atoms with Crippen LogP contribution in [0.2, 0.25) is 0 Å². The third-order valence-electron chi connectivity index (χ3n) is 2.88. The van der Waals surface area contributed by atoms with E-state index in [1.54, 1.807) is 43.6 Å². The standard InChI is InChI=1S/C16H13N3O2/c1-2-4-15(20)18-12-6-7-14-13(9-12)19-16(21-14)11-5-3-8-17-10-11/h2-10H,1H3,(H,18,20)/b4-2+. The fraction of sp³-hybridized carbons (Fsp3) is 0.0625. The van der Waals surface area contributed by atoms with Crippen LogP contribution in [0.15, 0.2) is 59.3 Å². The molecule has 1 N–H and O–H groups in total. The van der Waals surface area contributed by atoms with Crippen molar-refractivity contribution in [1.82, 2.24) is 9.97 Å². The minimum atomic E-state index is -0.173. The van der Waals surface area contributed by atoms with E-state index in [0.29, 0.717) is 22.7 Å². The molecule has 0 spiro atoms. The van der Waals surface area contributed by atoms with Gasteiger partial charge in [-0.25, -0.2) is 4.98 Å². The zero-order chi connectivity index (χ0) is 14.7. The lowest BCUT2D eigenvalue weighted by atomic mass is 10.3. The summed E-state index contributed by atoms with van der Waals surface area (Å²) in [7, 11) is 0. The number of fused-ring (bicyclic) bond motifs is 1. The normalized spacial score (nSPS) is 11.1. The highest BCUT2D eigenvalue weighted by molar-refractivity contribution is 6.00.